The van der Waals surface area contributed by atoms with Crippen LogP contribution in [-0.4, -0.2) is 46.9 Å². The molecule has 0 radical (unpaired) electrons. The molecule has 3 aromatic rings. The monoisotopic (exact) mass is 355 g/mol. The Kier molecular flexibility index (Phi) is 4.24. The lowest BCUT2D eigenvalue weighted by molar-refractivity contribution is 0.0948. The lowest BCUT2D eigenvalue weighted by atomic mass is 10.2. The molecular weight excluding hydrogens is 334 g/mol. The minimum Gasteiger partial charge on any atom is -0.479 e. The number of nitrogens with zero attached hydrogens (tertiary/aromatic N) is 4. The van der Waals surface area contributed by atoms with Crippen LogP contribution in [0.25, 0.3) is 11.1 Å². The maximum absolute atomic E-state index is 12.5. The van der Waals surface area contributed by atoms with E-state index < -0.39 is 0 Å². The van der Waals surface area contributed by atoms with Gasteiger partial charge in [0.15, 0.2) is 5.58 Å². The molecule has 1 saturated heterocycles. The molecule has 136 valence electrons. The quantitative estimate of drug-likeness (QED) is 0.753. The average Bonchev–Trinajstić information content (AvgIpc) is 3.36. The van der Waals surface area contributed by atoms with E-state index >= 15 is 0 Å². The molecule has 26 heavy (non-hydrogen) atoms. The van der Waals surface area contributed by atoms with Gasteiger partial charge in [-0.05, 0) is 25.0 Å². The van der Waals surface area contributed by atoms with Crippen molar-refractivity contribution in [1.82, 2.24) is 20.1 Å². The standard InChI is InChI=1S/C18H21N5O3/c1-22-11-13(17(21-22)25-2)16(24)19-10-12-6-5-9-23(12)18-20-14-7-3-4-8-15(14)26-18/h3-4,7-8,11-12H,5-6,9-10H2,1-2H3,(H,19,24). The molecule has 1 aliphatic heterocycles. The minimum absolute atomic E-state index is 0.148. The topological polar surface area (TPSA) is 85.4 Å². The second-order valence-corrected chi connectivity index (χ2v) is 6.39. The van der Waals surface area contributed by atoms with Gasteiger partial charge in [-0.25, -0.2) is 0 Å². The van der Waals surface area contributed by atoms with Crippen molar-refractivity contribution in [3.63, 3.8) is 0 Å². The van der Waals surface area contributed by atoms with E-state index in [2.05, 4.69) is 20.3 Å². The summed E-state index contributed by atoms with van der Waals surface area (Å²) >= 11 is 0. The summed E-state index contributed by atoms with van der Waals surface area (Å²) in [5.41, 5.74) is 2.05. The van der Waals surface area contributed by atoms with Crippen LogP contribution in [-0.2, 0) is 7.05 Å². The lowest BCUT2D eigenvalue weighted by Gasteiger charge is -2.22. The van der Waals surface area contributed by atoms with Crippen LogP contribution in [0.2, 0.25) is 0 Å². The summed E-state index contributed by atoms with van der Waals surface area (Å²) < 4.78 is 12.6. The highest BCUT2D eigenvalue weighted by atomic mass is 16.5. The zero-order chi connectivity index (χ0) is 18.1. The normalized spacial score (nSPS) is 17.0. The predicted octanol–water partition coefficient (Wildman–Crippen LogP) is 1.97. The summed E-state index contributed by atoms with van der Waals surface area (Å²) in [5.74, 6) is 0.131. The fourth-order valence-corrected chi connectivity index (χ4v) is 3.36. The van der Waals surface area contributed by atoms with Crippen molar-refractivity contribution in [3.8, 4) is 5.88 Å². The first-order valence-electron chi connectivity index (χ1n) is 8.64. The highest BCUT2D eigenvalue weighted by Crippen LogP contribution is 2.28. The van der Waals surface area contributed by atoms with Gasteiger partial charge in [0.1, 0.15) is 11.1 Å². The van der Waals surface area contributed by atoms with Crippen molar-refractivity contribution >= 4 is 23.0 Å². The van der Waals surface area contributed by atoms with Gasteiger partial charge in [0.05, 0.1) is 13.2 Å². The van der Waals surface area contributed by atoms with Crippen LogP contribution in [0.4, 0.5) is 6.01 Å². The van der Waals surface area contributed by atoms with Crippen LogP contribution in [0.15, 0.2) is 34.9 Å². The first-order chi connectivity index (χ1) is 12.7. The Balaban J connectivity index is 1.46. The summed E-state index contributed by atoms with van der Waals surface area (Å²) in [7, 11) is 3.26. The van der Waals surface area contributed by atoms with Gasteiger partial charge in [0.2, 0.25) is 5.88 Å². The zero-order valence-electron chi connectivity index (χ0n) is 14.8. The van der Waals surface area contributed by atoms with Gasteiger partial charge in [-0.3, -0.25) is 9.48 Å². The second kappa shape index (κ2) is 6.70. The van der Waals surface area contributed by atoms with Crippen LogP contribution in [0, 0.1) is 0 Å². The summed E-state index contributed by atoms with van der Waals surface area (Å²) in [6.45, 7) is 1.37. The summed E-state index contributed by atoms with van der Waals surface area (Å²) in [6, 6.07) is 8.48. The number of ether oxygens (including phenoxy) is 1. The van der Waals surface area contributed by atoms with Gasteiger partial charge in [-0.15, -0.1) is 5.10 Å². The smallest absolute Gasteiger partial charge is 0.298 e. The summed E-state index contributed by atoms with van der Waals surface area (Å²) in [5, 5.41) is 7.09. The second-order valence-electron chi connectivity index (χ2n) is 6.39. The third kappa shape index (κ3) is 2.98. The molecule has 1 aromatic carbocycles. The average molecular weight is 355 g/mol. The van der Waals surface area contributed by atoms with Crippen molar-refractivity contribution in [3.05, 3.63) is 36.0 Å². The summed E-state index contributed by atoms with van der Waals surface area (Å²) in [4.78, 5) is 19.2. The number of aromatic nitrogens is 3. The molecule has 0 aliphatic carbocycles. The molecule has 4 rings (SSSR count). The number of nitrogens with one attached hydrogen (secondary N) is 1. The minimum atomic E-state index is -0.195. The van der Waals surface area contributed by atoms with E-state index in [1.165, 1.54) is 7.11 Å². The number of carbonyl (C=O) groups excluding carboxylic acids is 1. The number of carbonyl (C=O) groups is 1. The molecule has 1 atom stereocenters. The molecule has 1 fully saturated rings. The highest BCUT2D eigenvalue weighted by Gasteiger charge is 2.29. The number of methoxy groups -OCH3 is 1. The largest absolute Gasteiger partial charge is 0.479 e. The van der Waals surface area contributed by atoms with Crippen LogP contribution < -0.4 is 15.0 Å². The molecule has 1 N–H and O–H groups in total. The lowest BCUT2D eigenvalue weighted by Crippen LogP contribution is -2.40. The summed E-state index contributed by atoms with van der Waals surface area (Å²) in [6.07, 6.45) is 3.67. The number of anilines is 1. The van der Waals surface area contributed by atoms with Crippen molar-refractivity contribution < 1.29 is 13.9 Å². The van der Waals surface area contributed by atoms with Crippen molar-refractivity contribution in [2.45, 2.75) is 18.9 Å². The molecule has 0 saturated carbocycles. The number of oxazole rings is 1. The van der Waals surface area contributed by atoms with Gasteiger partial charge in [0.25, 0.3) is 11.9 Å². The van der Waals surface area contributed by atoms with E-state index in [1.807, 2.05) is 24.3 Å². The van der Waals surface area contributed by atoms with E-state index in [9.17, 15) is 4.79 Å². The van der Waals surface area contributed by atoms with Gasteiger partial charge in [-0.1, -0.05) is 12.1 Å². The van der Waals surface area contributed by atoms with E-state index in [0.29, 0.717) is 24.0 Å². The van der Waals surface area contributed by atoms with Crippen molar-refractivity contribution in [2.24, 2.45) is 7.05 Å². The van der Waals surface area contributed by atoms with E-state index in [1.54, 1.807) is 17.9 Å². The molecule has 1 unspecified atom stereocenters. The van der Waals surface area contributed by atoms with Gasteiger partial charge in [-0.2, -0.15) is 4.98 Å². The van der Waals surface area contributed by atoms with Crippen molar-refractivity contribution in [2.75, 3.05) is 25.1 Å². The molecule has 3 heterocycles. The number of rotatable bonds is 5. The predicted molar refractivity (Wildman–Crippen MR) is 96.5 cm³/mol. The number of para-hydroxylation sites is 2. The Bertz CT molecular complexity index is 899. The van der Waals surface area contributed by atoms with Gasteiger partial charge >= 0.3 is 0 Å². The Morgan fingerprint density at radius 1 is 1.42 bits per heavy atom. The van der Waals surface area contributed by atoms with Crippen LogP contribution >= 0.6 is 0 Å². The Labute approximate surface area is 150 Å². The molecule has 0 bridgehead atoms. The molecule has 8 nitrogen and oxygen atoms in total. The van der Waals surface area contributed by atoms with E-state index in [4.69, 9.17) is 9.15 Å². The highest BCUT2D eigenvalue weighted by molar-refractivity contribution is 5.96. The maximum atomic E-state index is 12.5. The molecule has 0 spiro atoms. The SMILES string of the molecule is COc1nn(C)cc1C(=O)NCC1CCCN1c1nc2ccccc2o1. The van der Waals surface area contributed by atoms with Gasteiger partial charge in [0, 0.05) is 26.3 Å². The number of aryl methyl sites for hydroxylation is 1. The molecule has 1 aliphatic rings. The Morgan fingerprint density at radius 2 is 2.27 bits per heavy atom. The number of benzene rings is 1. The molecule has 2 aromatic heterocycles. The van der Waals surface area contributed by atoms with Crippen LogP contribution in [0.3, 0.4) is 0 Å². The number of hydrogen-bond donors (Lipinski definition) is 1. The number of fused-ring (bicyclic) bond motifs is 1. The van der Waals surface area contributed by atoms with Crippen LogP contribution in [0.1, 0.15) is 23.2 Å². The third-order valence-corrected chi connectivity index (χ3v) is 4.64. The number of hydrogen-bond acceptors (Lipinski definition) is 6. The molecule has 1 amide bonds. The first-order valence-corrected chi connectivity index (χ1v) is 8.64. The fraction of sp³-hybridized carbons (Fsp3) is 0.389. The Hall–Kier alpha value is -3.03. The van der Waals surface area contributed by atoms with Crippen LogP contribution in [0.5, 0.6) is 5.88 Å². The molecular formula is C18H21N5O3. The Morgan fingerprint density at radius 3 is 3.08 bits per heavy atom. The van der Waals surface area contributed by atoms with Crippen molar-refractivity contribution in [1.29, 1.82) is 0 Å². The fourth-order valence-electron chi connectivity index (χ4n) is 3.36. The van der Waals surface area contributed by atoms with E-state index in [0.717, 1.165) is 30.5 Å². The zero-order valence-corrected chi connectivity index (χ0v) is 14.8. The maximum Gasteiger partial charge on any atom is 0.298 e. The first kappa shape index (κ1) is 16.4. The third-order valence-electron chi connectivity index (χ3n) is 4.64. The molecule has 8 heteroatoms. The number of amides is 1. The van der Waals surface area contributed by atoms with E-state index in [-0.39, 0.29) is 11.9 Å². The van der Waals surface area contributed by atoms with Gasteiger partial charge < -0.3 is 19.4 Å².